The van der Waals surface area contributed by atoms with Crippen LogP contribution in [-0.4, -0.2) is 42.0 Å². The summed E-state index contributed by atoms with van der Waals surface area (Å²) in [6, 6.07) is 13.5. The Morgan fingerprint density at radius 1 is 1.17 bits per heavy atom. The normalized spacial score (nSPS) is 15.4. The molecule has 0 unspecified atom stereocenters. The van der Waals surface area contributed by atoms with Crippen molar-refractivity contribution >= 4 is 12.0 Å². The summed E-state index contributed by atoms with van der Waals surface area (Å²) >= 11 is 0. The van der Waals surface area contributed by atoms with E-state index in [4.69, 9.17) is 4.74 Å². The number of aromatic nitrogens is 1. The van der Waals surface area contributed by atoms with Gasteiger partial charge < -0.3 is 15.0 Å². The molecule has 1 fully saturated rings. The van der Waals surface area contributed by atoms with E-state index in [2.05, 4.69) is 22.1 Å². The number of likely N-dealkylation sites (tertiary alicyclic amines) is 1. The number of unbranched alkanes of at least 4 members (excludes halogenated alkanes) is 1. The Morgan fingerprint density at radius 3 is 2.70 bits per heavy atom. The summed E-state index contributed by atoms with van der Waals surface area (Å²) in [4.78, 5) is 18.8. The van der Waals surface area contributed by atoms with Gasteiger partial charge in [-0.1, -0.05) is 25.1 Å². The van der Waals surface area contributed by atoms with Crippen LogP contribution in [0.1, 0.15) is 43.9 Å². The molecular weight excluding hydrogens is 374 g/mol. The van der Waals surface area contributed by atoms with E-state index in [-0.39, 0.29) is 5.91 Å². The minimum absolute atomic E-state index is 0.0442. The van der Waals surface area contributed by atoms with Gasteiger partial charge in [0.2, 0.25) is 5.91 Å². The molecule has 30 heavy (non-hydrogen) atoms. The molecule has 1 amide bonds. The van der Waals surface area contributed by atoms with E-state index in [0.29, 0.717) is 6.61 Å². The van der Waals surface area contributed by atoms with E-state index >= 15 is 0 Å². The largest absolute Gasteiger partial charge is 0.487 e. The number of piperidine rings is 1. The number of hydrogen-bond acceptors (Lipinski definition) is 4. The van der Waals surface area contributed by atoms with Crippen molar-refractivity contribution in [3.05, 3.63) is 66.0 Å². The molecule has 1 aromatic carbocycles. The predicted molar refractivity (Wildman–Crippen MR) is 121 cm³/mol. The van der Waals surface area contributed by atoms with Crippen molar-refractivity contribution in [3.8, 4) is 5.75 Å². The molecule has 0 bridgehead atoms. The highest BCUT2D eigenvalue weighted by atomic mass is 16.5. The summed E-state index contributed by atoms with van der Waals surface area (Å²) < 4.78 is 5.73. The molecule has 160 valence electrons. The lowest BCUT2D eigenvalue weighted by atomic mass is 9.99. The van der Waals surface area contributed by atoms with Gasteiger partial charge in [-0.05, 0) is 87.1 Å². The fraction of sp³-hybridized carbons (Fsp3) is 0.440. The van der Waals surface area contributed by atoms with Gasteiger partial charge in [-0.2, -0.15) is 0 Å². The maximum atomic E-state index is 12.0. The number of carbonyl (C=O) groups excluding carboxylic acids is 1. The quantitative estimate of drug-likeness (QED) is 0.471. The summed E-state index contributed by atoms with van der Waals surface area (Å²) in [5.74, 6) is 1.62. The topological polar surface area (TPSA) is 54.5 Å². The molecule has 0 atom stereocenters. The van der Waals surface area contributed by atoms with Gasteiger partial charge in [0.15, 0.2) is 0 Å². The number of ether oxygens (including phenoxy) is 1. The van der Waals surface area contributed by atoms with Crippen molar-refractivity contribution in [2.75, 3.05) is 26.2 Å². The van der Waals surface area contributed by atoms with Gasteiger partial charge in [-0.15, -0.1) is 0 Å². The Labute approximate surface area is 180 Å². The van der Waals surface area contributed by atoms with Gasteiger partial charge in [0, 0.05) is 18.8 Å². The van der Waals surface area contributed by atoms with Gasteiger partial charge in [-0.25, -0.2) is 0 Å². The van der Waals surface area contributed by atoms with Crippen molar-refractivity contribution in [3.63, 3.8) is 0 Å². The summed E-state index contributed by atoms with van der Waals surface area (Å²) in [6.07, 6.45) is 9.97. The standard InChI is InChI=1S/C25H33N3O2/c1-21-13-18-28(19-14-21)17-5-4-16-27-25(29)12-9-22-7-10-24(11-8-22)30-20-23-6-2-3-15-26-23/h2-3,6-12,15,21H,4-5,13-14,16-20H2,1H3,(H,27,29)/b12-9+. The van der Waals surface area contributed by atoms with Crippen LogP contribution in [0.4, 0.5) is 0 Å². The molecule has 2 heterocycles. The first-order chi connectivity index (χ1) is 14.7. The van der Waals surface area contributed by atoms with Crippen LogP contribution in [-0.2, 0) is 11.4 Å². The van der Waals surface area contributed by atoms with Gasteiger partial charge >= 0.3 is 0 Å². The average Bonchev–Trinajstić information content (AvgIpc) is 2.79. The molecule has 3 rings (SSSR count). The zero-order chi connectivity index (χ0) is 21.0. The number of rotatable bonds is 10. The van der Waals surface area contributed by atoms with E-state index < -0.39 is 0 Å². The molecule has 1 aliphatic heterocycles. The second-order valence-electron chi connectivity index (χ2n) is 8.03. The fourth-order valence-electron chi connectivity index (χ4n) is 3.50. The Balaban J connectivity index is 1.29. The van der Waals surface area contributed by atoms with E-state index in [1.807, 2.05) is 48.5 Å². The third-order valence-corrected chi connectivity index (χ3v) is 5.50. The summed E-state index contributed by atoms with van der Waals surface area (Å²) in [5.41, 5.74) is 1.86. The molecule has 5 nitrogen and oxygen atoms in total. The van der Waals surface area contributed by atoms with E-state index in [0.717, 1.165) is 48.9 Å². The minimum Gasteiger partial charge on any atom is -0.487 e. The molecule has 2 aromatic rings. The monoisotopic (exact) mass is 407 g/mol. The molecule has 1 aliphatic rings. The lowest BCUT2D eigenvalue weighted by Crippen LogP contribution is -2.34. The number of hydrogen-bond donors (Lipinski definition) is 1. The molecule has 0 aliphatic carbocycles. The van der Waals surface area contributed by atoms with E-state index in [1.165, 1.54) is 25.9 Å². The number of carbonyl (C=O) groups is 1. The highest BCUT2D eigenvalue weighted by Gasteiger charge is 2.14. The number of pyridine rings is 1. The van der Waals surface area contributed by atoms with Gasteiger partial charge in [0.05, 0.1) is 5.69 Å². The van der Waals surface area contributed by atoms with Crippen molar-refractivity contribution in [2.24, 2.45) is 5.92 Å². The highest BCUT2D eigenvalue weighted by molar-refractivity contribution is 5.91. The summed E-state index contributed by atoms with van der Waals surface area (Å²) in [6.45, 7) is 7.11. The Kier molecular flexibility index (Phi) is 8.91. The predicted octanol–water partition coefficient (Wildman–Crippen LogP) is 4.30. The smallest absolute Gasteiger partial charge is 0.243 e. The van der Waals surface area contributed by atoms with Gasteiger partial charge in [0.25, 0.3) is 0 Å². The van der Waals surface area contributed by atoms with Crippen LogP contribution in [0.15, 0.2) is 54.7 Å². The maximum Gasteiger partial charge on any atom is 0.243 e. The number of benzene rings is 1. The minimum atomic E-state index is -0.0442. The van der Waals surface area contributed by atoms with Crippen LogP contribution in [0.5, 0.6) is 5.75 Å². The second-order valence-corrected chi connectivity index (χ2v) is 8.03. The number of amides is 1. The van der Waals surface area contributed by atoms with Gasteiger partial charge in [-0.3, -0.25) is 9.78 Å². The maximum absolute atomic E-state index is 12.0. The highest BCUT2D eigenvalue weighted by Crippen LogP contribution is 2.16. The van der Waals surface area contributed by atoms with Crippen LogP contribution in [0, 0.1) is 5.92 Å². The SMILES string of the molecule is CC1CCN(CCCCNC(=O)/C=C/c2ccc(OCc3ccccn3)cc2)CC1. The molecule has 1 N–H and O–H groups in total. The Bertz CT molecular complexity index is 782. The zero-order valence-corrected chi connectivity index (χ0v) is 17.9. The number of nitrogens with one attached hydrogen (secondary N) is 1. The van der Waals surface area contributed by atoms with Crippen LogP contribution in [0.3, 0.4) is 0 Å². The van der Waals surface area contributed by atoms with Crippen LogP contribution >= 0.6 is 0 Å². The first kappa shape index (κ1) is 22.0. The summed E-state index contributed by atoms with van der Waals surface area (Å²) in [5, 5.41) is 2.97. The molecule has 1 saturated heterocycles. The van der Waals surface area contributed by atoms with Crippen LogP contribution in [0.25, 0.3) is 6.08 Å². The Hall–Kier alpha value is -2.66. The Morgan fingerprint density at radius 2 is 1.97 bits per heavy atom. The van der Waals surface area contributed by atoms with Crippen molar-refractivity contribution < 1.29 is 9.53 Å². The van der Waals surface area contributed by atoms with Gasteiger partial charge in [0.1, 0.15) is 12.4 Å². The summed E-state index contributed by atoms with van der Waals surface area (Å²) in [7, 11) is 0. The zero-order valence-electron chi connectivity index (χ0n) is 17.9. The lowest BCUT2D eigenvalue weighted by molar-refractivity contribution is -0.116. The van der Waals surface area contributed by atoms with E-state index in [1.54, 1.807) is 12.3 Å². The first-order valence-electron chi connectivity index (χ1n) is 11.0. The lowest BCUT2D eigenvalue weighted by Gasteiger charge is -2.30. The number of nitrogens with zero attached hydrogens (tertiary/aromatic N) is 2. The molecule has 1 aromatic heterocycles. The molecular formula is C25H33N3O2. The third kappa shape index (κ3) is 7.99. The third-order valence-electron chi connectivity index (χ3n) is 5.50. The van der Waals surface area contributed by atoms with E-state index in [9.17, 15) is 4.79 Å². The average molecular weight is 408 g/mol. The first-order valence-corrected chi connectivity index (χ1v) is 11.0. The van der Waals surface area contributed by atoms with Crippen molar-refractivity contribution in [1.82, 2.24) is 15.2 Å². The fourth-order valence-corrected chi connectivity index (χ4v) is 3.50. The molecule has 0 spiro atoms. The van der Waals surface area contributed by atoms with Crippen LogP contribution < -0.4 is 10.1 Å². The molecule has 5 heteroatoms. The molecule has 0 radical (unpaired) electrons. The van der Waals surface area contributed by atoms with Crippen LogP contribution in [0.2, 0.25) is 0 Å². The van der Waals surface area contributed by atoms with Crippen molar-refractivity contribution in [2.45, 2.75) is 39.2 Å². The molecule has 0 saturated carbocycles. The second kappa shape index (κ2) is 12.1. The van der Waals surface area contributed by atoms with Crippen molar-refractivity contribution in [1.29, 1.82) is 0 Å².